The predicted octanol–water partition coefficient (Wildman–Crippen LogP) is 3.61. The van der Waals surface area contributed by atoms with Gasteiger partial charge in [-0.2, -0.15) is 4.37 Å². The molecule has 0 saturated heterocycles. The number of thioether (sulfide) groups is 1. The Bertz CT molecular complexity index is 483. The molecule has 0 aliphatic rings. The zero-order chi connectivity index (χ0) is 12.3. The van der Waals surface area contributed by atoms with E-state index in [1.165, 1.54) is 16.4 Å². The fraction of sp³-hybridized carbons (Fsp3) is 0.400. The molecular formula is C10H12ClN3S3. The maximum Gasteiger partial charge on any atom is 0.170 e. The monoisotopic (exact) mass is 305 g/mol. The van der Waals surface area contributed by atoms with Crippen molar-refractivity contribution in [2.45, 2.75) is 22.9 Å². The maximum atomic E-state index is 5.93. The zero-order valence-corrected chi connectivity index (χ0v) is 12.4. The summed E-state index contributed by atoms with van der Waals surface area (Å²) in [6.45, 7) is 2.62. The molecule has 7 heteroatoms. The van der Waals surface area contributed by atoms with Crippen LogP contribution < -0.4 is 5.73 Å². The summed E-state index contributed by atoms with van der Waals surface area (Å²) in [4.78, 5) is 5.63. The summed E-state index contributed by atoms with van der Waals surface area (Å²) in [5, 5.41) is 0.213. The molecule has 2 N–H and O–H groups in total. The van der Waals surface area contributed by atoms with Crippen LogP contribution >= 0.6 is 46.2 Å². The Labute approximate surface area is 118 Å². The lowest BCUT2D eigenvalue weighted by molar-refractivity contribution is 0.945. The first-order valence-corrected chi connectivity index (χ1v) is 8.02. The van der Waals surface area contributed by atoms with Crippen LogP contribution in [0.3, 0.4) is 0 Å². The third-order valence-electron chi connectivity index (χ3n) is 2.13. The van der Waals surface area contributed by atoms with Crippen molar-refractivity contribution in [3.05, 3.63) is 27.2 Å². The second-order valence-corrected chi connectivity index (χ2v) is 7.26. The summed E-state index contributed by atoms with van der Waals surface area (Å²) < 4.78 is 6.04. The largest absolute Gasteiger partial charge is 0.329 e. The van der Waals surface area contributed by atoms with Gasteiger partial charge in [0.1, 0.15) is 5.82 Å². The Balaban J connectivity index is 2.09. The SMILES string of the molecule is CCc1nsc(SC(CN)c2ccc(Cl)s2)n1. The summed E-state index contributed by atoms with van der Waals surface area (Å²) in [6.07, 6.45) is 0.870. The fourth-order valence-electron chi connectivity index (χ4n) is 1.27. The Morgan fingerprint density at radius 2 is 2.35 bits per heavy atom. The van der Waals surface area contributed by atoms with E-state index in [1.54, 1.807) is 23.1 Å². The average molecular weight is 306 g/mol. The Morgan fingerprint density at radius 1 is 1.53 bits per heavy atom. The molecule has 0 aliphatic heterocycles. The van der Waals surface area contributed by atoms with Gasteiger partial charge < -0.3 is 5.73 Å². The minimum absolute atomic E-state index is 0.213. The van der Waals surface area contributed by atoms with Gasteiger partial charge in [0.2, 0.25) is 0 Å². The van der Waals surface area contributed by atoms with E-state index in [0.717, 1.165) is 20.9 Å². The number of rotatable bonds is 5. The molecule has 2 aromatic heterocycles. The first-order chi connectivity index (χ1) is 8.22. The van der Waals surface area contributed by atoms with Crippen molar-refractivity contribution in [3.63, 3.8) is 0 Å². The van der Waals surface area contributed by atoms with Gasteiger partial charge in [-0.3, -0.25) is 0 Å². The van der Waals surface area contributed by atoms with Crippen LogP contribution in [0.2, 0.25) is 4.34 Å². The summed E-state index contributed by atoms with van der Waals surface area (Å²) >= 11 is 10.6. The van der Waals surface area contributed by atoms with Gasteiger partial charge in [-0.15, -0.1) is 11.3 Å². The van der Waals surface area contributed by atoms with E-state index in [2.05, 4.69) is 16.3 Å². The van der Waals surface area contributed by atoms with E-state index in [1.807, 2.05) is 12.1 Å². The highest BCUT2D eigenvalue weighted by molar-refractivity contribution is 8.01. The van der Waals surface area contributed by atoms with E-state index in [4.69, 9.17) is 17.3 Å². The van der Waals surface area contributed by atoms with Crippen molar-refractivity contribution in [3.8, 4) is 0 Å². The number of aryl methyl sites for hydroxylation is 1. The summed E-state index contributed by atoms with van der Waals surface area (Å²) in [5.41, 5.74) is 5.80. The van der Waals surface area contributed by atoms with E-state index < -0.39 is 0 Å². The first-order valence-electron chi connectivity index (χ1n) is 5.17. The Kier molecular flexibility index (Phi) is 4.81. The van der Waals surface area contributed by atoms with Crippen molar-refractivity contribution >= 4 is 46.2 Å². The van der Waals surface area contributed by atoms with E-state index in [9.17, 15) is 0 Å². The van der Waals surface area contributed by atoms with Crippen LogP contribution in [0.15, 0.2) is 16.5 Å². The van der Waals surface area contributed by atoms with Crippen molar-refractivity contribution in [1.29, 1.82) is 0 Å². The fourth-order valence-corrected chi connectivity index (χ4v) is 4.44. The molecule has 2 rings (SSSR count). The van der Waals surface area contributed by atoms with Gasteiger partial charge in [-0.05, 0) is 23.7 Å². The summed E-state index contributed by atoms with van der Waals surface area (Å²) in [5.74, 6) is 0.900. The highest BCUT2D eigenvalue weighted by atomic mass is 35.5. The molecule has 92 valence electrons. The molecule has 1 atom stereocenters. The highest BCUT2D eigenvalue weighted by Gasteiger charge is 2.16. The van der Waals surface area contributed by atoms with Gasteiger partial charge in [0.05, 0.1) is 9.59 Å². The molecular weight excluding hydrogens is 294 g/mol. The van der Waals surface area contributed by atoms with Crippen molar-refractivity contribution in [1.82, 2.24) is 9.36 Å². The molecule has 2 heterocycles. The highest BCUT2D eigenvalue weighted by Crippen LogP contribution is 2.39. The molecule has 0 aliphatic carbocycles. The minimum Gasteiger partial charge on any atom is -0.329 e. The van der Waals surface area contributed by atoms with Crippen molar-refractivity contribution < 1.29 is 0 Å². The molecule has 0 bridgehead atoms. The lowest BCUT2D eigenvalue weighted by Gasteiger charge is -2.09. The predicted molar refractivity (Wildman–Crippen MR) is 76.3 cm³/mol. The molecule has 0 spiro atoms. The van der Waals surface area contributed by atoms with Gasteiger partial charge >= 0.3 is 0 Å². The molecule has 0 saturated carbocycles. The standard InChI is InChI=1S/C10H12ClN3S3/c1-2-9-13-10(17-14-9)16-7(5-12)6-3-4-8(11)15-6/h3-4,7H,2,5,12H2,1H3. The van der Waals surface area contributed by atoms with E-state index in [0.29, 0.717) is 6.54 Å². The van der Waals surface area contributed by atoms with E-state index in [-0.39, 0.29) is 5.25 Å². The zero-order valence-electron chi connectivity index (χ0n) is 9.22. The van der Waals surface area contributed by atoms with Crippen molar-refractivity contribution in [2.75, 3.05) is 6.54 Å². The lowest BCUT2D eigenvalue weighted by Crippen LogP contribution is -2.07. The lowest BCUT2D eigenvalue weighted by atomic mass is 10.3. The number of nitrogens with two attached hydrogens (primary N) is 1. The minimum atomic E-state index is 0.213. The summed E-state index contributed by atoms with van der Waals surface area (Å²) in [6, 6.07) is 3.93. The van der Waals surface area contributed by atoms with Crippen molar-refractivity contribution in [2.24, 2.45) is 5.73 Å². The van der Waals surface area contributed by atoms with Crippen LogP contribution in [0.25, 0.3) is 0 Å². The van der Waals surface area contributed by atoms with Crippen LogP contribution in [-0.4, -0.2) is 15.9 Å². The van der Waals surface area contributed by atoms with Crippen LogP contribution in [0.4, 0.5) is 0 Å². The molecule has 17 heavy (non-hydrogen) atoms. The summed E-state index contributed by atoms with van der Waals surface area (Å²) in [7, 11) is 0. The number of nitrogens with zero attached hydrogens (tertiary/aromatic N) is 2. The molecule has 0 aromatic carbocycles. The van der Waals surface area contributed by atoms with Gasteiger partial charge in [0, 0.05) is 17.8 Å². The van der Waals surface area contributed by atoms with Gasteiger partial charge in [0.15, 0.2) is 4.34 Å². The number of halogens is 1. The van der Waals surface area contributed by atoms with Crippen LogP contribution in [0.5, 0.6) is 0 Å². The second-order valence-electron chi connectivity index (χ2n) is 3.31. The number of hydrogen-bond donors (Lipinski definition) is 1. The van der Waals surface area contributed by atoms with Gasteiger partial charge in [-0.1, -0.05) is 30.3 Å². The molecule has 0 amide bonds. The molecule has 1 unspecified atom stereocenters. The molecule has 3 nitrogen and oxygen atoms in total. The number of aromatic nitrogens is 2. The molecule has 0 radical (unpaired) electrons. The first kappa shape index (κ1) is 13.3. The maximum absolute atomic E-state index is 5.93. The number of thiophene rings is 1. The topological polar surface area (TPSA) is 51.8 Å². The van der Waals surface area contributed by atoms with E-state index >= 15 is 0 Å². The number of hydrogen-bond acceptors (Lipinski definition) is 6. The van der Waals surface area contributed by atoms with Crippen LogP contribution in [-0.2, 0) is 6.42 Å². The molecule has 0 fully saturated rings. The normalized spacial score (nSPS) is 12.9. The second kappa shape index (κ2) is 6.15. The smallest absolute Gasteiger partial charge is 0.170 e. The van der Waals surface area contributed by atoms with Gasteiger partial charge in [-0.25, -0.2) is 4.98 Å². The molecule has 2 aromatic rings. The van der Waals surface area contributed by atoms with Crippen LogP contribution in [0.1, 0.15) is 22.9 Å². The third kappa shape index (κ3) is 3.42. The Morgan fingerprint density at radius 3 is 2.88 bits per heavy atom. The van der Waals surface area contributed by atoms with Gasteiger partial charge in [0.25, 0.3) is 0 Å². The van der Waals surface area contributed by atoms with Crippen LogP contribution in [0, 0.1) is 0 Å². The Hall–Kier alpha value is -0.140. The average Bonchev–Trinajstić information content (AvgIpc) is 2.94. The quantitative estimate of drug-likeness (QED) is 0.857. The third-order valence-corrected chi connectivity index (χ3v) is 5.71.